The Morgan fingerprint density at radius 1 is 1.07 bits per heavy atom. The number of para-hydroxylation sites is 2. The third kappa shape index (κ3) is 4.59. The molecule has 0 aliphatic rings. The highest BCUT2D eigenvalue weighted by Gasteiger charge is 2.15. The summed E-state index contributed by atoms with van der Waals surface area (Å²) in [4.78, 5) is 30.9. The van der Waals surface area contributed by atoms with Gasteiger partial charge in [-0.1, -0.05) is 42.0 Å². The summed E-state index contributed by atoms with van der Waals surface area (Å²) >= 11 is 0. The molecule has 1 aromatic heterocycles. The lowest BCUT2D eigenvalue weighted by atomic mass is 10.1. The zero-order valence-corrected chi connectivity index (χ0v) is 15.8. The zero-order valence-electron chi connectivity index (χ0n) is 15.8. The number of amides is 1. The average molecular weight is 378 g/mol. The molecule has 1 amide bonds. The van der Waals surface area contributed by atoms with Crippen LogP contribution in [0, 0.1) is 6.92 Å². The predicted octanol–water partition coefficient (Wildman–Crippen LogP) is 3.44. The number of ether oxygens (including phenoxy) is 1. The Labute approximate surface area is 163 Å². The summed E-state index contributed by atoms with van der Waals surface area (Å²) < 4.78 is 6.58. The molecular weight excluding hydrogens is 356 g/mol. The van der Waals surface area contributed by atoms with Gasteiger partial charge in [-0.05, 0) is 43.7 Å². The first-order chi connectivity index (χ1) is 13.6. The highest BCUT2D eigenvalue weighted by molar-refractivity contribution is 6.04. The van der Waals surface area contributed by atoms with Crippen LogP contribution in [0.15, 0.2) is 71.7 Å². The molecule has 0 atom stereocenters. The van der Waals surface area contributed by atoms with Crippen molar-refractivity contribution in [3.05, 3.63) is 93.9 Å². The van der Waals surface area contributed by atoms with E-state index in [1.165, 1.54) is 12.3 Å². The largest absolute Gasteiger partial charge is 0.492 e. The van der Waals surface area contributed by atoms with E-state index in [2.05, 4.69) is 5.32 Å². The molecule has 1 heterocycles. The Bertz CT molecular complexity index is 1030. The van der Waals surface area contributed by atoms with E-state index in [1.807, 2.05) is 44.2 Å². The molecule has 1 N–H and O–H groups in total. The van der Waals surface area contributed by atoms with E-state index in [0.29, 0.717) is 18.0 Å². The number of hydrogen-bond donors (Lipinski definition) is 1. The molecule has 0 aliphatic heterocycles. The molecule has 144 valence electrons. The lowest BCUT2D eigenvalue weighted by Crippen LogP contribution is -2.32. The van der Waals surface area contributed by atoms with Gasteiger partial charge in [0, 0.05) is 6.20 Å². The maximum Gasteiger partial charge on any atom is 0.295 e. The molecule has 0 saturated heterocycles. The first-order valence-electron chi connectivity index (χ1n) is 9.02. The summed E-state index contributed by atoms with van der Waals surface area (Å²) in [5.41, 5.74) is 2.01. The molecule has 3 aromatic rings. The number of carbonyl (C=O) groups is 1. The number of anilines is 1. The third-order valence-corrected chi connectivity index (χ3v) is 4.05. The highest BCUT2D eigenvalue weighted by Crippen LogP contribution is 2.23. The van der Waals surface area contributed by atoms with Gasteiger partial charge < -0.3 is 14.9 Å². The topological polar surface area (TPSA) is 69.6 Å². The first kappa shape index (κ1) is 19.2. The Balaban J connectivity index is 1.77. The smallest absolute Gasteiger partial charge is 0.295 e. The van der Waals surface area contributed by atoms with Crippen molar-refractivity contribution in [2.24, 2.45) is 0 Å². The van der Waals surface area contributed by atoms with E-state index in [-0.39, 0.29) is 12.2 Å². The lowest BCUT2D eigenvalue weighted by molar-refractivity contribution is 0.0863. The Kier molecular flexibility index (Phi) is 6.11. The van der Waals surface area contributed by atoms with Crippen LogP contribution in [-0.4, -0.2) is 17.2 Å². The molecule has 6 heteroatoms. The van der Waals surface area contributed by atoms with Crippen LogP contribution in [0.2, 0.25) is 0 Å². The number of rotatable bonds is 7. The van der Waals surface area contributed by atoms with Gasteiger partial charge in [-0.3, -0.25) is 9.59 Å². The molecule has 6 nitrogen and oxygen atoms in total. The molecule has 0 bridgehead atoms. The van der Waals surface area contributed by atoms with E-state index < -0.39 is 11.5 Å². The van der Waals surface area contributed by atoms with E-state index >= 15 is 0 Å². The summed E-state index contributed by atoms with van der Waals surface area (Å²) in [6.07, 6.45) is 1.49. The van der Waals surface area contributed by atoms with Gasteiger partial charge in [-0.15, -0.1) is 0 Å². The maximum absolute atomic E-state index is 12.6. The van der Waals surface area contributed by atoms with Crippen molar-refractivity contribution in [2.45, 2.75) is 20.5 Å². The number of aromatic nitrogens is 1. The van der Waals surface area contributed by atoms with Crippen molar-refractivity contribution >= 4 is 11.6 Å². The fourth-order valence-electron chi connectivity index (χ4n) is 2.74. The standard InChI is InChI=1S/C22H22N2O4/c1-3-27-20-12-5-4-11-19(20)23-21(25)18-10-7-13-24(22(18)26)28-15-17-9-6-8-16(2)14-17/h4-14H,3,15H2,1-2H3,(H,23,25). The molecule has 0 saturated carbocycles. The van der Waals surface area contributed by atoms with E-state index in [0.717, 1.165) is 15.9 Å². The van der Waals surface area contributed by atoms with Crippen LogP contribution in [0.25, 0.3) is 0 Å². The molecule has 28 heavy (non-hydrogen) atoms. The fraction of sp³-hybridized carbons (Fsp3) is 0.182. The number of nitrogens with zero attached hydrogens (tertiary/aromatic N) is 1. The van der Waals surface area contributed by atoms with Gasteiger partial charge in [0.05, 0.1) is 12.3 Å². The van der Waals surface area contributed by atoms with Crippen LogP contribution in [0.4, 0.5) is 5.69 Å². The molecule has 3 rings (SSSR count). The van der Waals surface area contributed by atoms with Crippen LogP contribution in [0.5, 0.6) is 5.75 Å². The maximum atomic E-state index is 12.6. The minimum Gasteiger partial charge on any atom is -0.492 e. The normalized spacial score (nSPS) is 10.4. The van der Waals surface area contributed by atoms with Gasteiger partial charge in [0.2, 0.25) is 0 Å². The number of nitrogens with one attached hydrogen (secondary N) is 1. The van der Waals surface area contributed by atoms with Crippen molar-refractivity contribution < 1.29 is 14.4 Å². The lowest BCUT2D eigenvalue weighted by Gasteiger charge is -2.12. The fourth-order valence-corrected chi connectivity index (χ4v) is 2.74. The second-order valence-corrected chi connectivity index (χ2v) is 6.20. The summed E-state index contributed by atoms with van der Waals surface area (Å²) in [5, 5.41) is 2.73. The van der Waals surface area contributed by atoms with Gasteiger partial charge in [-0.25, -0.2) is 0 Å². The van der Waals surface area contributed by atoms with Crippen LogP contribution >= 0.6 is 0 Å². The van der Waals surface area contributed by atoms with Crippen LogP contribution in [0.3, 0.4) is 0 Å². The average Bonchev–Trinajstić information content (AvgIpc) is 2.69. The quantitative estimate of drug-likeness (QED) is 0.684. The Morgan fingerprint density at radius 3 is 2.68 bits per heavy atom. The van der Waals surface area contributed by atoms with Crippen LogP contribution in [-0.2, 0) is 6.61 Å². The third-order valence-electron chi connectivity index (χ3n) is 4.05. The summed E-state index contributed by atoms with van der Waals surface area (Å²) in [6.45, 7) is 4.54. The van der Waals surface area contributed by atoms with E-state index in [4.69, 9.17) is 9.57 Å². The van der Waals surface area contributed by atoms with Crippen molar-refractivity contribution in [2.75, 3.05) is 11.9 Å². The molecular formula is C22H22N2O4. The first-order valence-corrected chi connectivity index (χ1v) is 9.02. The number of benzene rings is 2. The van der Waals surface area contributed by atoms with Gasteiger partial charge >= 0.3 is 0 Å². The van der Waals surface area contributed by atoms with Gasteiger partial charge in [0.25, 0.3) is 11.5 Å². The molecule has 0 radical (unpaired) electrons. The summed E-state index contributed by atoms with van der Waals surface area (Å²) in [6, 6.07) is 17.9. The van der Waals surface area contributed by atoms with E-state index in [9.17, 15) is 9.59 Å². The predicted molar refractivity (Wildman–Crippen MR) is 108 cm³/mol. The Hall–Kier alpha value is -3.54. The number of pyridine rings is 1. The number of carbonyl (C=O) groups excluding carboxylic acids is 1. The zero-order chi connectivity index (χ0) is 19.9. The molecule has 0 spiro atoms. The van der Waals surface area contributed by atoms with Crippen molar-refractivity contribution in [1.82, 2.24) is 4.73 Å². The second-order valence-electron chi connectivity index (χ2n) is 6.20. The van der Waals surface area contributed by atoms with Gasteiger partial charge in [-0.2, -0.15) is 4.73 Å². The number of aryl methyl sites for hydroxylation is 1. The van der Waals surface area contributed by atoms with Gasteiger partial charge in [0.1, 0.15) is 17.9 Å². The van der Waals surface area contributed by atoms with E-state index in [1.54, 1.807) is 24.3 Å². The van der Waals surface area contributed by atoms with Gasteiger partial charge in [0.15, 0.2) is 0 Å². The van der Waals surface area contributed by atoms with Crippen molar-refractivity contribution in [3.8, 4) is 5.75 Å². The summed E-state index contributed by atoms with van der Waals surface area (Å²) in [5.74, 6) is 0.0240. The Morgan fingerprint density at radius 2 is 1.89 bits per heavy atom. The highest BCUT2D eigenvalue weighted by atomic mass is 16.7. The summed E-state index contributed by atoms with van der Waals surface area (Å²) in [7, 11) is 0. The minimum atomic E-state index is -0.526. The monoisotopic (exact) mass is 378 g/mol. The van der Waals surface area contributed by atoms with Crippen molar-refractivity contribution in [1.29, 1.82) is 0 Å². The van der Waals surface area contributed by atoms with Crippen LogP contribution in [0.1, 0.15) is 28.4 Å². The molecule has 0 unspecified atom stereocenters. The van der Waals surface area contributed by atoms with Crippen molar-refractivity contribution in [3.63, 3.8) is 0 Å². The minimum absolute atomic E-state index is 0.0157. The second kappa shape index (κ2) is 8.90. The molecule has 0 fully saturated rings. The van der Waals surface area contributed by atoms with Crippen LogP contribution < -0.4 is 20.5 Å². The SMILES string of the molecule is CCOc1ccccc1NC(=O)c1cccn(OCc2cccc(C)c2)c1=O. The number of hydrogen-bond acceptors (Lipinski definition) is 4. The molecule has 2 aromatic carbocycles. The molecule has 0 aliphatic carbocycles.